The van der Waals surface area contributed by atoms with Crippen molar-refractivity contribution >= 4 is 11.9 Å². The Morgan fingerprint density at radius 3 is 2.47 bits per heavy atom. The molecule has 168 valence electrons. The van der Waals surface area contributed by atoms with Crippen molar-refractivity contribution in [1.29, 1.82) is 0 Å². The van der Waals surface area contributed by atoms with Crippen LogP contribution in [0.25, 0.3) is 0 Å². The van der Waals surface area contributed by atoms with E-state index in [0.717, 1.165) is 38.5 Å². The number of rotatable bonds is 3. The van der Waals surface area contributed by atoms with Crippen molar-refractivity contribution in [2.75, 3.05) is 6.61 Å². The Kier molecular flexibility index (Phi) is 5.69. The van der Waals surface area contributed by atoms with Crippen LogP contribution in [0, 0.1) is 35.0 Å². The average molecular weight is 419 g/mol. The molecular formula is C25H38O5. The van der Waals surface area contributed by atoms with E-state index in [4.69, 9.17) is 9.47 Å². The van der Waals surface area contributed by atoms with Gasteiger partial charge >= 0.3 is 11.9 Å². The molecule has 3 fully saturated rings. The maximum absolute atomic E-state index is 12.4. The van der Waals surface area contributed by atoms with Gasteiger partial charge < -0.3 is 14.6 Å². The van der Waals surface area contributed by atoms with Crippen LogP contribution in [0.4, 0.5) is 0 Å². The summed E-state index contributed by atoms with van der Waals surface area (Å²) in [6.45, 7) is 7.95. The predicted molar refractivity (Wildman–Crippen MR) is 114 cm³/mol. The molecule has 5 nitrogen and oxygen atoms in total. The lowest BCUT2D eigenvalue weighted by molar-refractivity contribution is -0.167. The van der Waals surface area contributed by atoms with E-state index in [1.165, 1.54) is 19.8 Å². The van der Waals surface area contributed by atoms with Gasteiger partial charge in [0.2, 0.25) is 0 Å². The zero-order chi connectivity index (χ0) is 21.7. The highest BCUT2D eigenvalue weighted by molar-refractivity contribution is 5.89. The van der Waals surface area contributed by atoms with Gasteiger partial charge in [-0.2, -0.15) is 0 Å². The Hall–Kier alpha value is -1.52. The van der Waals surface area contributed by atoms with Gasteiger partial charge in [-0.05, 0) is 101 Å². The Balaban J connectivity index is 1.52. The molecule has 0 unspecified atom stereocenters. The highest BCUT2D eigenvalue weighted by Crippen LogP contribution is 2.62. The minimum atomic E-state index is -0.336. The number of carbonyl (C=O) groups is 2. The Morgan fingerprint density at radius 2 is 1.77 bits per heavy atom. The SMILES string of the molecule is CCOC(=O)C1=C(O)[C@@]2(C)CC[C@H]3[C@@H](CC[C@@H]4C[C@](C)(OC(C)=O)CC[C@@H]43)[C@@H]2CC1. The van der Waals surface area contributed by atoms with Gasteiger partial charge in [0, 0.05) is 12.3 Å². The summed E-state index contributed by atoms with van der Waals surface area (Å²) in [5.41, 5.74) is -0.0869. The van der Waals surface area contributed by atoms with Gasteiger partial charge in [0.25, 0.3) is 0 Å². The molecule has 4 rings (SSSR count). The first-order valence-corrected chi connectivity index (χ1v) is 12.0. The van der Waals surface area contributed by atoms with Crippen LogP contribution in [0.2, 0.25) is 0 Å². The molecule has 0 spiro atoms. The van der Waals surface area contributed by atoms with Crippen molar-refractivity contribution in [1.82, 2.24) is 0 Å². The molecule has 4 aliphatic rings. The van der Waals surface area contributed by atoms with Gasteiger partial charge in [-0.15, -0.1) is 0 Å². The minimum absolute atomic E-state index is 0.167. The maximum Gasteiger partial charge on any atom is 0.337 e. The van der Waals surface area contributed by atoms with Gasteiger partial charge in [0.05, 0.1) is 12.2 Å². The highest BCUT2D eigenvalue weighted by atomic mass is 16.6. The van der Waals surface area contributed by atoms with E-state index < -0.39 is 0 Å². The molecule has 0 aromatic heterocycles. The lowest BCUT2D eigenvalue weighted by Gasteiger charge is -2.58. The first-order chi connectivity index (χ1) is 14.2. The lowest BCUT2D eigenvalue weighted by atomic mass is 9.47. The molecule has 3 saturated carbocycles. The normalized spacial score (nSPS) is 43.1. The van der Waals surface area contributed by atoms with Crippen molar-refractivity contribution in [2.45, 2.75) is 91.1 Å². The average Bonchev–Trinajstić information content (AvgIpc) is 2.67. The zero-order valence-electron chi connectivity index (χ0n) is 19.0. The number of hydrogen-bond donors (Lipinski definition) is 1. The number of esters is 2. The van der Waals surface area contributed by atoms with E-state index in [1.54, 1.807) is 0 Å². The van der Waals surface area contributed by atoms with Crippen LogP contribution in [0.5, 0.6) is 0 Å². The zero-order valence-corrected chi connectivity index (χ0v) is 19.0. The quantitative estimate of drug-likeness (QED) is 0.627. The Bertz CT molecular complexity index is 742. The van der Waals surface area contributed by atoms with Crippen LogP contribution in [0.15, 0.2) is 11.3 Å². The fraction of sp³-hybridized carbons (Fsp3) is 0.840. The summed E-state index contributed by atoms with van der Waals surface area (Å²) >= 11 is 0. The molecule has 0 saturated heterocycles. The van der Waals surface area contributed by atoms with E-state index >= 15 is 0 Å². The molecular weight excluding hydrogens is 380 g/mol. The first-order valence-electron chi connectivity index (χ1n) is 12.0. The molecule has 0 aromatic carbocycles. The molecule has 0 aliphatic heterocycles. The summed E-state index contributed by atoms with van der Waals surface area (Å²) in [6, 6.07) is 0. The van der Waals surface area contributed by atoms with Gasteiger partial charge in [-0.3, -0.25) is 4.79 Å². The molecule has 0 amide bonds. The number of carbonyl (C=O) groups excluding carboxylic acids is 2. The van der Waals surface area contributed by atoms with Crippen molar-refractivity contribution in [3.63, 3.8) is 0 Å². The third-order valence-electron chi connectivity index (χ3n) is 9.05. The van der Waals surface area contributed by atoms with Gasteiger partial charge in [0.15, 0.2) is 0 Å². The topological polar surface area (TPSA) is 72.8 Å². The van der Waals surface area contributed by atoms with Crippen LogP contribution in [0.3, 0.4) is 0 Å². The summed E-state index contributed by atoms with van der Waals surface area (Å²) < 4.78 is 10.9. The minimum Gasteiger partial charge on any atom is -0.511 e. The second kappa shape index (κ2) is 7.87. The maximum atomic E-state index is 12.4. The molecule has 0 heterocycles. The van der Waals surface area contributed by atoms with Gasteiger partial charge in [-0.25, -0.2) is 4.79 Å². The van der Waals surface area contributed by atoms with E-state index in [9.17, 15) is 14.7 Å². The monoisotopic (exact) mass is 418 g/mol. The second-order valence-electron chi connectivity index (χ2n) is 10.8. The van der Waals surface area contributed by atoms with Crippen molar-refractivity contribution in [3.05, 3.63) is 11.3 Å². The fourth-order valence-electron chi connectivity index (χ4n) is 7.83. The summed E-state index contributed by atoms with van der Waals surface area (Å²) in [7, 11) is 0. The summed E-state index contributed by atoms with van der Waals surface area (Å²) in [5, 5.41) is 11.1. The molecule has 0 radical (unpaired) electrons. The Morgan fingerprint density at radius 1 is 1.03 bits per heavy atom. The molecule has 0 aromatic rings. The van der Waals surface area contributed by atoms with E-state index in [1.807, 2.05) is 6.92 Å². The summed E-state index contributed by atoms with van der Waals surface area (Å²) in [6.07, 6.45) is 9.10. The molecule has 30 heavy (non-hydrogen) atoms. The highest BCUT2D eigenvalue weighted by Gasteiger charge is 2.56. The van der Waals surface area contributed by atoms with Crippen molar-refractivity contribution in [2.24, 2.45) is 35.0 Å². The van der Waals surface area contributed by atoms with Crippen LogP contribution in [-0.4, -0.2) is 29.3 Å². The number of fused-ring (bicyclic) bond motifs is 5. The molecule has 7 atom stereocenters. The summed E-state index contributed by atoms with van der Waals surface area (Å²) in [5.74, 6) is 2.90. The molecule has 1 N–H and O–H groups in total. The lowest BCUT2D eigenvalue weighted by Crippen LogP contribution is -2.52. The van der Waals surface area contributed by atoms with E-state index in [0.29, 0.717) is 53.9 Å². The smallest absolute Gasteiger partial charge is 0.337 e. The third-order valence-corrected chi connectivity index (χ3v) is 9.05. The largest absolute Gasteiger partial charge is 0.511 e. The number of allylic oxidation sites excluding steroid dienone is 1. The standard InChI is InChI=1S/C25H38O5/c1-5-29-23(28)20-8-9-21-19-7-6-16-14-24(3,30-15(2)26)12-10-17(16)18(19)11-13-25(21,4)22(20)27/h16-19,21,27H,5-14H2,1-4H3/t16-,17+,18-,19-,21+,24-,25+/m1/s1. The van der Waals surface area contributed by atoms with Crippen LogP contribution < -0.4 is 0 Å². The molecule has 4 aliphatic carbocycles. The number of aliphatic hydroxyl groups excluding tert-OH is 1. The molecule has 0 bridgehead atoms. The van der Waals surface area contributed by atoms with Crippen LogP contribution in [0.1, 0.15) is 85.5 Å². The molecule has 5 heteroatoms. The van der Waals surface area contributed by atoms with Crippen molar-refractivity contribution in [3.8, 4) is 0 Å². The van der Waals surface area contributed by atoms with Gasteiger partial charge in [-0.1, -0.05) is 6.92 Å². The Labute approximate surface area is 180 Å². The summed E-state index contributed by atoms with van der Waals surface area (Å²) in [4.78, 5) is 23.9. The van der Waals surface area contributed by atoms with E-state index in [-0.39, 0.29) is 23.0 Å². The number of hydrogen-bond acceptors (Lipinski definition) is 5. The van der Waals surface area contributed by atoms with E-state index in [2.05, 4.69) is 13.8 Å². The van der Waals surface area contributed by atoms with Crippen LogP contribution in [-0.2, 0) is 19.1 Å². The van der Waals surface area contributed by atoms with Gasteiger partial charge in [0.1, 0.15) is 11.4 Å². The predicted octanol–water partition coefficient (Wildman–Crippen LogP) is 5.34. The first kappa shape index (κ1) is 21.7. The number of ether oxygens (including phenoxy) is 2. The number of aliphatic hydroxyl groups is 1. The van der Waals surface area contributed by atoms with Crippen molar-refractivity contribution < 1.29 is 24.2 Å². The van der Waals surface area contributed by atoms with Crippen LogP contribution >= 0.6 is 0 Å². The third kappa shape index (κ3) is 3.56. The fourth-order valence-corrected chi connectivity index (χ4v) is 7.83. The second-order valence-corrected chi connectivity index (χ2v) is 10.8.